The van der Waals surface area contributed by atoms with Gasteiger partial charge in [0.1, 0.15) is 5.69 Å². The number of H-pyrrole nitrogens is 1. The summed E-state index contributed by atoms with van der Waals surface area (Å²) in [6, 6.07) is 8.12. The average molecular weight is 322 g/mol. The second-order valence-corrected chi connectivity index (χ2v) is 5.45. The van der Waals surface area contributed by atoms with Gasteiger partial charge in [-0.1, -0.05) is 35.0 Å². The molecule has 1 aromatic carbocycles. The summed E-state index contributed by atoms with van der Waals surface area (Å²) in [6.07, 6.45) is 1.53. The summed E-state index contributed by atoms with van der Waals surface area (Å²) >= 11 is 3.41. The highest BCUT2D eigenvalue weighted by Gasteiger charge is 2.13. The molecule has 0 saturated carbocycles. The summed E-state index contributed by atoms with van der Waals surface area (Å²) in [5.74, 6) is 0.124. The summed E-state index contributed by atoms with van der Waals surface area (Å²) in [7, 11) is 0. The SMILES string of the molecule is Cc1[nH]cnc1C(=O)NCC(C)c1ccc(Br)cc1. The van der Waals surface area contributed by atoms with Gasteiger partial charge in [0.15, 0.2) is 0 Å². The molecule has 2 aromatic rings. The lowest BCUT2D eigenvalue weighted by Gasteiger charge is -2.12. The monoisotopic (exact) mass is 321 g/mol. The summed E-state index contributed by atoms with van der Waals surface area (Å²) in [5.41, 5.74) is 2.44. The third kappa shape index (κ3) is 3.44. The van der Waals surface area contributed by atoms with Crippen LogP contribution < -0.4 is 5.32 Å². The number of nitrogens with zero attached hydrogens (tertiary/aromatic N) is 1. The Morgan fingerprint density at radius 2 is 2.11 bits per heavy atom. The standard InChI is InChI=1S/C14H16BrN3O/c1-9(11-3-5-12(15)6-4-11)7-16-14(19)13-10(2)17-8-18-13/h3-6,8-9H,7H2,1-2H3,(H,16,19)(H,17,18). The lowest BCUT2D eigenvalue weighted by atomic mass is 10.0. The van der Waals surface area contributed by atoms with E-state index in [1.165, 1.54) is 11.9 Å². The van der Waals surface area contributed by atoms with Crippen LogP contribution in [-0.4, -0.2) is 22.4 Å². The van der Waals surface area contributed by atoms with Crippen LogP contribution in [0.25, 0.3) is 0 Å². The fourth-order valence-corrected chi connectivity index (χ4v) is 2.09. The van der Waals surface area contributed by atoms with Crippen LogP contribution in [0, 0.1) is 6.92 Å². The molecule has 5 heteroatoms. The molecule has 1 unspecified atom stereocenters. The predicted molar refractivity (Wildman–Crippen MR) is 78.2 cm³/mol. The first-order valence-corrected chi connectivity index (χ1v) is 6.91. The van der Waals surface area contributed by atoms with Gasteiger partial charge in [-0.2, -0.15) is 0 Å². The fraction of sp³-hybridized carbons (Fsp3) is 0.286. The number of carbonyl (C=O) groups is 1. The Morgan fingerprint density at radius 3 is 2.68 bits per heavy atom. The molecule has 0 aliphatic heterocycles. The maximum Gasteiger partial charge on any atom is 0.271 e. The Morgan fingerprint density at radius 1 is 1.42 bits per heavy atom. The van der Waals surface area contributed by atoms with Crippen molar-refractivity contribution in [3.8, 4) is 0 Å². The molecule has 0 aliphatic carbocycles. The van der Waals surface area contributed by atoms with Crippen molar-refractivity contribution < 1.29 is 4.79 Å². The maximum atomic E-state index is 11.9. The number of nitrogens with one attached hydrogen (secondary N) is 2. The molecule has 0 fully saturated rings. The van der Waals surface area contributed by atoms with Gasteiger partial charge in [-0.25, -0.2) is 4.98 Å². The fourth-order valence-electron chi connectivity index (χ4n) is 1.83. The number of imidazole rings is 1. The van der Waals surface area contributed by atoms with E-state index >= 15 is 0 Å². The molecular formula is C14H16BrN3O. The Bertz CT molecular complexity index is 562. The first kappa shape index (κ1) is 13.8. The quantitative estimate of drug-likeness (QED) is 0.909. The molecule has 0 saturated heterocycles. The second-order valence-electron chi connectivity index (χ2n) is 4.54. The van der Waals surface area contributed by atoms with Crippen molar-refractivity contribution in [2.24, 2.45) is 0 Å². The molecule has 2 rings (SSSR count). The third-order valence-corrected chi connectivity index (χ3v) is 3.58. The number of aryl methyl sites for hydroxylation is 1. The molecule has 2 N–H and O–H groups in total. The van der Waals surface area contributed by atoms with E-state index < -0.39 is 0 Å². The number of amides is 1. The number of hydrogen-bond acceptors (Lipinski definition) is 2. The molecule has 19 heavy (non-hydrogen) atoms. The van der Waals surface area contributed by atoms with E-state index in [2.05, 4.69) is 50.3 Å². The Hall–Kier alpha value is -1.62. The minimum absolute atomic E-state index is 0.136. The summed E-state index contributed by atoms with van der Waals surface area (Å²) in [6.45, 7) is 4.51. The van der Waals surface area contributed by atoms with E-state index in [-0.39, 0.29) is 11.8 Å². The summed E-state index contributed by atoms with van der Waals surface area (Å²) < 4.78 is 1.06. The average Bonchev–Trinajstić information content (AvgIpc) is 2.83. The van der Waals surface area contributed by atoms with Crippen molar-refractivity contribution in [1.82, 2.24) is 15.3 Å². The van der Waals surface area contributed by atoms with Crippen molar-refractivity contribution in [3.63, 3.8) is 0 Å². The van der Waals surface area contributed by atoms with Gasteiger partial charge < -0.3 is 10.3 Å². The smallest absolute Gasteiger partial charge is 0.271 e. The van der Waals surface area contributed by atoms with E-state index in [1.54, 1.807) is 0 Å². The molecule has 4 nitrogen and oxygen atoms in total. The lowest BCUT2D eigenvalue weighted by molar-refractivity contribution is 0.0946. The molecule has 1 heterocycles. The minimum Gasteiger partial charge on any atom is -0.350 e. The van der Waals surface area contributed by atoms with Crippen LogP contribution in [0.1, 0.15) is 34.6 Å². The van der Waals surface area contributed by atoms with Crippen molar-refractivity contribution in [2.45, 2.75) is 19.8 Å². The third-order valence-electron chi connectivity index (χ3n) is 3.05. The van der Waals surface area contributed by atoms with Crippen molar-refractivity contribution >= 4 is 21.8 Å². The van der Waals surface area contributed by atoms with Gasteiger partial charge in [0.05, 0.1) is 6.33 Å². The van der Waals surface area contributed by atoms with Crippen LogP contribution in [0.5, 0.6) is 0 Å². The molecule has 0 spiro atoms. The molecule has 1 atom stereocenters. The van der Waals surface area contributed by atoms with E-state index in [9.17, 15) is 4.79 Å². The van der Waals surface area contributed by atoms with Crippen LogP contribution in [0.15, 0.2) is 35.1 Å². The molecule has 0 radical (unpaired) electrons. The van der Waals surface area contributed by atoms with Crippen LogP contribution in [0.3, 0.4) is 0 Å². The molecular weight excluding hydrogens is 306 g/mol. The highest BCUT2D eigenvalue weighted by molar-refractivity contribution is 9.10. The van der Waals surface area contributed by atoms with Gasteiger partial charge in [-0.3, -0.25) is 4.79 Å². The van der Waals surface area contributed by atoms with Crippen molar-refractivity contribution in [2.75, 3.05) is 6.54 Å². The highest BCUT2D eigenvalue weighted by Crippen LogP contribution is 2.17. The van der Waals surface area contributed by atoms with E-state index in [1.807, 2.05) is 19.1 Å². The Labute approximate surface area is 120 Å². The molecule has 0 aliphatic rings. The van der Waals surface area contributed by atoms with Gasteiger partial charge in [0.25, 0.3) is 5.91 Å². The van der Waals surface area contributed by atoms with Gasteiger partial charge in [0, 0.05) is 16.7 Å². The molecule has 100 valence electrons. The first-order chi connectivity index (χ1) is 9.08. The number of benzene rings is 1. The minimum atomic E-state index is -0.136. The van der Waals surface area contributed by atoms with Gasteiger partial charge in [0.2, 0.25) is 0 Å². The number of hydrogen-bond donors (Lipinski definition) is 2. The van der Waals surface area contributed by atoms with Crippen LogP contribution in [0.2, 0.25) is 0 Å². The van der Waals surface area contributed by atoms with Crippen LogP contribution in [0.4, 0.5) is 0 Å². The zero-order valence-electron chi connectivity index (χ0n) is 10.9. The second kappa shape index (κ2) is 6.02. The number of aromatic nitrogens is 2. The Balaban J connectivity index is 1.94. The zero-order valence-corrected chi connectivity index (χ0v) is 12.5. The molecule has 1 amide bonds. The summed E-state index contributed by atoms with van der Waals surface area (Å²) in [5, 5.41) is 2.91. The molecule has 0 bridgehead atoms. The van der Waals surface area contributed by atoms with Crippen LogP contribution >= 0.6 is 15.9 Å². The highest BCUT2D eigenvalue weighted by atomic mass is 79.9. The van der Waals surface area contributed by atoms with Gasteiger partial charge in [-0.05, 0) is 30.5 Å². The van der Waals surface area contributed by atoms with Gasteiger partial charge >= 0.3 is 0 Å². The van der Waals surface area contributed by atoms with E-state index in [0.29, 0.717) is 12.2 Å². The number of halogens is 1. The van der Waals surface area contributed by atoms with Crippen molar-refractivity contribution in [3.05, 3.63) is 52.0 Å². The van der Waals surface area contributed by atoms with E-state index in [4.69, 9.17) is 0 Å². The summed E-state index contributed by atoms with van der Waals surface area (Å²) in [4.78, 5) is 18.8. The van der Waals surface area contributed by atoms with E-state index in [0.717, 1.165) is 10.2 Å². The maximum absolute atomic E-state index is 11.9. The Kier molecular flexibility index (Phi) is 4.37. The van der Waals surface area contributed by atoms with Gasteiger partial charge in [-0.15, -0.1) is 0 Å². The van der Waals surface area contributed by atoms with Crippen LogP contribution in [-0.2, 0) is 0 Å². The predicted octanol–water partition coefficient (Wildman–Crippen LogP) is 3.01. The lowest BCUT2D eigenvalue weighted by Crippen LogP contribution is -2.28. The molecule has 1 aromatic heterocycles. The van der Waals surface area contributed by atoms with Crippen molar-refractivity contribution in [1.29, 1.82) is 0 Å². The zero-order chi connectivity index (χ0) is 13.8. The number of carbonyl (C=O) groups excluding carboxylic acids is 1. The topological polar surface area (TPSA) is 57.8 Å². The largest absolute Gasteiger partial charge is 0.350 e. The first-order valence-electron chi connectivity index (χ1n) is 6.11. The number of rotatable bonds is 4. The number of aromatic amines is 1. The normalized spacial score (nSPS) is 12.2.